The summed E-state index contributed by atoms with van der Waals surface area (Å²) >= 11 is 2.03. The molecule has 2 nitrogen and oxygen atoms in total. The van der Waals surface area contributed by atoms with Crippen molar-refractivity contribution in [3.63, 3.8) is 0 Å². The van der Waals surface area contributed by atoms with Gasteiger partial charge in [0.1, 0.15) is 5.75 Å². The van der Waals surface area contributed by atoms with Crippen LogP contribution in [0.3, 0.4) is 0 Å². The number of piperidine rings is 1. The van der Waals surface area contributed by atoms with E-state index < -0.39 is 0 Å². The number of nitrogens with one attached hydrogen (secondary N) is 1. The predicted octanol–water partition coefficient (Wildman–Crippen LogP) is 3.16. The fourth-order valence-electron chi connectivity index (χ4n) is 2.20. The molecule has 0 aliphatic carbocycles. The summed E-state index contributed by atoms with van der Waals surface area (Å²) < 4.78 is 5.35. The Kier molecular flexibility index (Phi) is 4.35. The Hall–Kier alpha value is -0.670. The van der Waals surface area contributed by atoms with Gasteiger partial charge in [0.05, 0.1) is 7.11 Å². The van der Waals surface area contributed by atoms with E-state index in [1.165, 1.54) is 28.9 Å². The van der Waals surface area contributed by atoms with Gasteiger partial charge in [-0.15, -0.1) is 11.8 Å². The maximum absolute atomic E-state index is 5.35. The van der Waals surface area contributed by atoms with Gasteiger partial charge < -0.3 is 10.1 Å². The van der Waals surface area contributed by atoms with Crippen molar-refractivity contribution in [3.05, 3.63) is 23.3 Å². The van der Waals surface area contributed by atoms with Crippen molar-refractivity contribution in [2.45, 2.75) is 36.8 Å². The largest absolute Gasteiger partial charge is 0.496 e. The topological polar surface area (TPSA) is 21.3 Å². The lowest BCUT2D eigenvalue weighted by atomic mass is 10.1. The second-order valence-electron chi connectivity index (χ2n) is 4.65. The Bertz CT molecular complexity index is 386. The maximum Gasteiger partial charge on any atom is 0.122 e. The Morgan fingerprint density at radius 3 is 2.53 bits per heavy atom. The van der Waals surface area contributed by atoms with Crippen LogP contribution < -0.4 is 10.1 Å². The molecule has 1 aliphatic rings. The van der Waals surface area contributed by atoms with Crippen LogP contribution in [-0.2, 0) is 0 Å². The van der Waals surface area contributed by atoms with Crippen LogP contribution >= 0.6 is 11.8 Å². The minimum atomic E-state index is 0.766. The van der Waals surface area contributed by atoms with Gasteiger partial charge in [-0.05, 0) is 63.0 Å². The van der Waals surface area contributed by atoms with E-state index in [4.69, 9.17) is 4.74 Å². The van der Waals surface area contributed by atoms with Gasteiger partial charge in [0.2, 0.25) is 0 Å². The van der Waals surface area contributed by atoms with E-state index in [0.29, 0.717) is 0 Å². The molecular weight excluding hydrogens is 230 g/mol. The summed E-state index contributed by atoms with van der Waals surface area (Å²) in [6.45, 7) is 6.60. The molecule has 1 saturated heterocycles. The third-order valence-electron chi connectivity index (χ3n) is 3.27. The average Bonchev–Trinajstić information content (AvgIpc) is 2.34. The van der Waals surface area contributed by atoms with E-state index in [0.717, 1.165) is 24.1 Å². The average molecular weight is 251 g/mol. The first-order valence-corrected chi connectivity index (χ1v) is 7.11. The lowest BCUT2D eigenvalue weighted by molar-refractivity contribution is 0.411. The molecular formula is C14H21NOS. The van der Waals surface area contributed by atoms with Gasteiger partial charge in [0.15, 0.2) is 0 Å². The predicted molar refractivity (Wildman–Crippen MR) is 74.2 cm³/mol. The molecule has 0 unspecified atom stereocenters. The molecule has 0 aromatic heterocycles. The molecule has 0 amide bonds. The van der Waals surface area contributed by atoms with Crippen molar-refractivity contribution in [1.29, 1.82) is 0 Å². The molecule has 0 radical (unpaired) electrons. The highest BCUT2D eigenvalue weighted by atomic mass is 32.2. The number of ether oxygens (including phenoxy) is 1. The number of benzene rings is 1. The molecule has 1 N–H and O–H groups in total. The summed E-state index contributed by atoms with van der Waals surface area (Å²) in [6, 6.07) is 4.42. The number of rotatable bonds is 3. The molecule has 94 valence electrons. The van der Waals surface area contributed by atoms with Gasteiger partial charge in [-0.25, -0.2) is 0 Å². The van der Waals surface area contributed by atoms with Crippen LogP contribution in [0.5, 0.6) is 5.75 Å². The first-order valence-electron chi connectivity index (χ1n) is 6.23. The molecule has 1 fully saturated rings. The first-order chi connectivity index (χ1) is 8.20. The third-order valence-corrected chi connectivity index (χ3v) is 4.77. The van der Waals surface area contributed by atoms with Crippen molar-refractivity contribution in [2.24, 2.45) is 0 Å². The van der Waals surface area contributed by atoms with Crippen LogP contribution in [0.1, 0.15) is 24.0 Å². The molecule has 0 spiro atoms. The van der Waals surface area contributed by atoms with Crippen LogP contribution in [0.15, 0.2) is 17.0 Å². The number of aryl methyl sites for hydroxylation is 2. The quantitative estimate of drug-likeness (QED) is 0.891. The fourth-order valence-corrected chi connectivity index (χ4v) is 3.52. The van der Waals surface area contributed by atoms with E-state index in [1.807, 2.05) is 11.8 Å². The van der Waals surface area contributed by atoms with Gasteiger partial charge >= 0.3 is 0 Å². The molecule has 17 heavy (non-hydrogen) atoms. The Balaban J connectivity index is 2.12. The number of hydrogen-bond acceptors (Lipinski definition) is 3. The van der Waals surface area contributed by atoms with Crippen molar-refractivity contribution >= 4 is 11.8 Å². The van der Waals surface area contributed by atoms with E-state index in [1.54, 1.807) is 7.11 Å². The highest BCUT2D eigenvalue weighted by molar-refractivity contribution is 8.00. The Morgan fingerprint density at radius 2 is 1.88 bits per heavy atom. The summed E-state index contributed by atoms with van der Waals surface area (Å²) in [5, 5.41) is 4.18. The van der Waals surface area contributed by atoms with Crippen LogP contribution in [0.2, 0.25) is 0 Å². The SMILES string of the molecule is COc1cc(C)c(SC2CCNCC2)cc1C. The van der Waals surface area contributed by atoms with Gasteiger partial charge in [-0.1, -0.05) is 0 Å². The summed E-state index contributed by atoms with van der Waals surface area (Å²) in [5.74, 6) is 0.997. The van der Waals surface area contributed by atoms with E-state index in [2.05, 4.69) is 31.3 Å². The minimum absolute atomic E-state index is 0.766. The monoisotopic (exact) mass is 251 g/mol. The second kappa shape index (κ2) is 5.78. The normalized spacial score (nSPS) is 17.1. The van der Waals surface area contributed by atoms with E-state index in [-0.39, 0.29) is 0 Å². The van der Waals surface area contributed by atoms with E-state index >= 15 is 0 Å². The van der Waals surface area contributed by atoms with Crippen molar-refractivity contribution in [3.8, 4) is 5.75 Å². The van der Waals surface area contributed by atoms with Crippen LogP contribution in [0.4, 0.5) is 0 Å². The standard InChI is InChI=1S/C14H21NOS/c1-10-9-14(11(2)8-13(10)16-3)17-12-4-6-15-7-5-12/h8-9,12,15H,4-7H2,1-3H3. The molecule has 1 aromatic carbocycles. The molecule has 0 bridgehead atoms. The third kappa shape index (κ3) is 3.17. The molecule has 3 heteroatoms. The van der Waals surface area contributed by atoms with Crippen LogP contribution in [-0.4, -0.2) is 25.4 Å². The second-order valence-corrected chi connectivity index (χ2v) is 6.00. The summed E-state index contributed by atoms with van der Waals surface area (Å²) in [7, 11) is 1.74. The molecule has 2 rings (SSSR count). The lowest BCUT2D eigenvalue weighted by Crippen LogP contribution is -2.29. The maximum atomic E-state index is 5.35. The summed E-state index contributed by atoms with van der Waals surface area (Å²) in [6.07, 6.45) is 2.55. The highest BCUT2D eigenvalue weighted by Crippen LogP contribution is 2.34. The molecule has 1 aromatic rings. The molecule has 1 aliphatic heterocycles. The van der Waals surface area contributed by atoms with Crippen LogP contribution in [0.25, 0.3) is 0 Å². The van der Waals surface area contributed by atoms with Crippen molar-refractivity contribution < 1.29 is 4.74 Å². The Labute approximate surface area is 108 Å². The summed E-state index contributed by atoms with van der Waals surface area (Å²) in [5.41, 5.74) is 2.56. The zero-order valence-electron chi connectivity index (χ0n) is 10.9. The first kappa shape index (κ1) is 12.8. The zero-order valence-corrected chi connectivity index (χ0v) is 11.7. The van der Waals surface area contributed by atoms with Crippen LogP contribution in [0, 0.1) is 13.8 Å². The van der Waals surface area contributed by atoms with Gasteiger partial charge in [-0.2, -0.15) is 0 Å². The number of hydrogen-bond donors (Lipinski definition) is 1. The Morgan fingerprint density at radius 1 is 1.18 bits per heavy atom. The molecule has 0 atom stereocenters. The van der Waals surface area contributed by atoms with Crippen molar-refractivity contribution in [1.82, 2.24) is 5.32 Å². The summed E-state index contributed by atoms with van der Waals surface area (Å²) in [4.78, 5) is 1.41. The fraction of sp³-hybridized carbons (Fsp3) is 0.571. The zero-order chi connectivity index (χ0) is 12.3. The smallest absolute Gasteiger partial charge is 0.122 e. The number of thioether (sulfide) groups is 1. The lowest BCUT2D eigenvalue weighted by Gasteiger charge is -2.23. The van der Waals surface area contributed by atoms with Gasteiger partial charge in [0.25, 0.3) is 0 Å². The van der Waals surface area contributed by atoms with E-state index in [9.17, 15) is 0 Å². The van der Waals surface area contributed by atoms with Crippen molar-refractivity contribution in [2.75, 3.05) is 20.2 Å². The minimum Gasteiger partial charge on any atom is -0.496 e. The highest BCUT2D eigenvalue weighted by Gasteiger charge is 2.16. The molecule has 0 saturated carbocycles. The molecule has 1 heterocycles. The van der Waals surface area contributed by atoms with Gasteiger partial charge in [0, 0.05) is 10.1 Å². The van der Waals surface area contributed by atoms with Gasteiger partial charge in [-0.3, -0.25) is 0 Å². The number of methoxy groups -OCH3 is 1.